The molecule has 5 rings (SSSR count). The summed E-state index contributed by atoms with van der Waals surface area (Å²) in [5, 5.41) is 0. The Balaban J connectivity index is 1.43. The quantitative estimate of drug-likeness (QED) is 0.361. The predicted octanol–water partition coefficient (Wildman–Crippen LogP) is 3.76. The third-order valence-electron chi connectivity index (χ3n) is 7.78. The number of ether oxygens (including phenoxy) is 1. The van der Waals surface area contributed by atoms with Crippen molar-refractivity contribution in [3.05, 3.63) is 41.6 Å². The van der Waals surface area contributed by atoms with Gasteiger partial charge in [-0.3, -0.25) is 9.69 Å². The number of allylic oxidation sites excluding steroid dienone is 4. The standard InChI is InChI=1S/C29H41N5O5S/c1-20(2)39-29(36)33-19-21(3)34(28(35)22-10-11-22)26-13-12-23(18-27(26)33)24-8-5-4-6-9-25(24)31-30-14-16-32-15-7-17-40(32,37)38/h5,8,12-13,18,20-22,30-31H,4,6-7,9-11,14-17,19H2,1-3H3/t21-/m0/s1. The summed E-state index contributed by atoms with van der Waals surface area (Å²) < 4.78 is 31.4. The maximum absolute atomic E-state index is 13.3. The van der Waals surface area contributed by atoms with Crippen molar-refractivity contribution in [1.82, 2.24) is 15.2 Å². The molecule has 0 bridgehead atoms. The van der Waals surface area contributed by atoms with Crippen LogP contribution >= 0.6 is 0 Å². The zero-order valence-electron chi connectivity index (χ0n) is 23.7. The first-order chi connectivity index (χ1) is 19.2. The van der Waals surface area contributed by atoms with E-state index in [1.165, 1.54) is 4.31 Å². The Kier molecular flexibility index (Phi) is 8.53. The van der Waals surface area contributed by atoms with E-state index >= 15 is 0 Å². The Hall–Kier alpha value is -2.89. The summed E-state index contributed by atoms with van der Waals surface area (Å²) in [6, 6.07) is 5.79. The van der Waals surface area contributed by atoms with Crippen LogP contribution in [0.5, 0.6) is 0 Å². The lowest BCUT2D eigenvalue weighted by Gasteiger charge is -2.41. The average Bonchev–Trinajstić information content (AvgIpc) is 3.72. The molecule has 2 N–H and O–H groups in total. The topological polar surface area (TPSA) is 111 Å². The molecule has 1 aromatic carbocycles. The van der Waals surface area contributed by atoms with Crippen molar-refractivity contribution >= 4 is 39.0 Å². The largest absolute Gasteiger partial charge is 0.446 e. The number of carbonyl (C=O) groups excluding carboxylic acids is 2. The first-order valence-electron chi connectivity index (χ1n) is 14.5. The molecule has 2 amide bonds. The zero-order valence-corrected chi connectivity index (χ0v) is 24.5. The second-order valence-electron chi connectivity index (χ2n) is 11.4. The second kappa shape index (κ2) is 11.9. The highest BCUT2D eigenvalue weighted by Crippen LogP contribution is 2.42. The summed E-state index contributed by atoms with van der Waals surface area (Å²) in [4.78, 5) is 30.0. The molecule has 2 aliphatic carbocycles. The predicted molar refractivity (Wildman–Crippen MR) is 156 cm³/mol. The van der Waals surface area contributed by atoms with Crippen LogP contribution < -0.4 is 20.7 Å². The van der Waals surface area contributed by atoms with Gasteiger partial charge in [-0.25, -0.2) is 22.9 Å². The van der Waals surface area contributed by atoms with Crippen molar-refractivity contribution in [2.24, 2.45) is 5.92 Å². The Morgan fingerprint density at radius 3 is 2.65 bits per heavy atom. The normalized spacial score (nSPS) is 22.9. The number of hydrogen-bond donors (Lipinski definition) is 2. The number of hydrazine groups is 1. The van der Waals surface area contributed by atoms with E-state index in [-0.39, 0.29) is 29.7 Å². The third-order valence-corrected chi connectivity index (χ3v) is 9.74. The van der Waals surface area contributed by atoms with Gasteiger partial charge < -0.3 is 15.1 Å². The van der Waals surface area contributed by atoms with Crippen LogP contribution in [0, 0.1) is 5.92 Å². The SMILES string of the molecule is CC(C)OC(=O)N1C[C@H](C)N(C(=O)C2CC2)c2ccc(C3=C(NNCCN4CCCS4(=O)=O)CCCC=C3)cc21. The lowest BCUT2D eigenvalue weighted by molar-refractivity contribution is -0.120. The number of rotatable bonds is 8. The van der Waals surface area contributed by atoms with Gasteiger partial charge in [-0.1, -0.05) is 18.2 Å². The van der Waals surface area contributed by atoms with Crippen LogP contribution in [0.1, 0.15) is 64.9 Å². The van der Waals surface area contributed by atoms with Crippen LogP contribution in [0.25, 0.3) is 5.57 Å². The van der Waals surface area contributed by atoms with Gasteiger partial charge in [-0.15, -0.1) is 0 Å². The van der Waals surface area contributed by atoms with Gasteiger partial charge >= 0.3 is 6.09 Å². The molecule has 1 aromatic rings. The summed E-state index contributed by atoms with van der Waals surface area (Å²) in [5.74, 6) is 0.413. The van der Waals surface area contributed by atoms with Crippen molar-refractivity contribution in [2.75, 3.05) is 41.7 Å². The van der Waals surface area contributed by atoms with E-state index in [2.05, 4.69) is 23.0 Å². The molecule has 2 heterocycles. The summed E-state index contributed by atoms with van der Waals surface area (Å²) in [7, 11) is -3.13. The number of benzene rings is 1. The Bertz CT molecular complexity index is 1300. The van der Waals surface area contributed by atoms with E-state index in [1.54, 1.807) is 4.90 Å². The summed E-state index contributed by atoms with van der Waals surface area (Å²) in [5.41, 5.74) is 10.9. The number of hydrogen-bond acceptors (Lipinski definition) is 7. The molecule has 0 radical (unpaired) electrons. The summed E-state index contributed by atoms with van der Waals surface area (Å²) in [6.07, 6.45) is 8.81. The van der Waals surface area contributed by atoms with Crippen LogP contribution in [0.2, 0.25) is 0 Å². The monoisotopic (exact) mass is 571 g/mol. The van der Waals surface area contributed by atoms with Crippen molar-refractivity contribution < 1.29 is 22.7 Å². The fourth-order valence-corrected chi connectivity index (χ4v) is 7.15. The van der Waals surface area contributed by atoms with Crippen LogP contribution in [0.4, 0.5) is 16.2 Å². The Morgan fingerprint density at radius 1 is 1.15 bits per heavy atom. The number of nitrogens with one attached hydrogen (secondary N) is 2. The van der Waals surface area contributed by atoms with E-state index in [0.717, 1.165) is 54.6 Å². The molecule has 218 valence electrons. The van der Waals surface area contributed by atoms with Crippen LogP contribution in [0.15, 0.2) is 36.0 Å². The molecule has 0 aromatic heterocycles. The zero-order chi connectivity index (χ0) is 28.4. The average molecular weight is 572 g/mol. The maximum Gasteiger partial charge on any atom is 0.414 e. The van der Waals surface area contributed by atoms with Crippen molar-refractivity contribution in [3.8, 4) is 0 Å². The van der Waals surface area contributed by atoms with Gasteiger partial charge in [0, 0.05) is 43.4 Å². The third kappa shape index (κ3) is 6.21. The van der Waals surface area contributed by atoms with Crippen molar-refractivity contribution in [2.45, 2.75) is 71.4 Å². The van der Waals surface area contributed by atoms with Gasteiger partial charge in [-0.05, 0) is 77.0 Å². The lowest BCUT2D eigenvalue weighted by Crippen LogP contribution is -2.52. The van der Waals surface area contributed by atoms with Crippen LogP contribution in [-0.4, -0.2) is 68.8 Å². The molecule has 0 spiro atoms. The van der Waals surface area contributed by atoms with Crippen LogP contribution in [-0.2, 0) is 19.6 Å². The minimum absolute atomic E-state index is 0.0639. The molecule has 1 atom stereocenters. The van der Waals surface area contributed by atoms with E-state index in [9.17, 15) is 18.0 Å². The molecule has 1 saturated carbocycles. The van der Waals surface area contributed by atoms with Gasteiger partial charge in [0.25, 0.3) is 0 Å². The molecule has 10 nitrogen and oxygen atoms in total. The number of amides is 2. The fraction of sp³-hybridized carbons (Fsp3) is 0.586. The van der Waals surface area contributed by atoms with Crippen LogP contribution in [0.3, 0.4) is 0 Å². The number of anilines is 2. The maximum atomic E-state index is 13.3. The first kappa shape index (κ1) is 28.6. The smallest absolute Gasteiger partial charge is 0.414 e. The summed E-state index contributed by atoms with van der Waals surface area (Å²) in [6.45, 7) is 7.47. The molecular weight excluding hydrogens is 530 g/mol. The second-order valence-corrected chi connectivity index (χ2v) is 13.5. The molecule has 0 unspecified atom stereocenters. The van der Waals surface area contributed by atoms with Gasteiger partial charge in [0.05, 0.1) is 29.3 Å². The highest BCUT2D eigenvalue weighted by atomic mass is 32.2. The van der Waals surface area contributed by atoms with Gasteiger partial charge in [0.15, 0.2) is 0 Å². The minimum Gasteiger partial charge on any atom is -0.446 e. The minimum atomic E-state index is -3.13. The number of carbonyl (C=O) groups is 2. The number of nitrogens with zero attached hydrogens (tertiary/aromatic N) is 3. The van der Waals surface area contributed by atoms with Gasteiger partial charge in [0.1, 0.15) is 0 Å². The Morgan fingerprint density at radius 2 is 1.95 bits per heavy atom. The fourth-order valence-electron chi connectivity index (χ4n) is 5.62. The molecular formula is C29H41N5O5S. The van der Waals surface area contributed by atoms with Gasteiger partial charge in [-0.2, -0.15) is 0 Å². The summed E-state index contributed by atoms with van der Waals surface area (Å²) >= 11 is 0. The van der Waals surface area contributed by atoms with E-state index < -0.39 is 16.1 Å². The molecule has 4 aliphatic rings. The van der Waals surface area contributed by atoms with Gasteiger partial charge in [0.2, 0.25) is 15.9 Å². The number of fused-ring (bicyclic) bond motifs is 1. The Labute approximate surface area is 237 Å². The highest BCUT2D eigenvalue weighted by Gasteiger charge is 2.41. The lowest BCUT2D eigenvalue weighted by atomic mass is 9.98. The molecule has 40 heavy (non-hydrogen) atoms. The first-order valence-corrected chi connectivity index (χ1v) is 16.1. The molecule has 2 fully saturated rings. The van der Waals surface area contributed by atoms with E-state index in [4.69, 9.17) is 4.74 Å². The van der Waals surface area contributed by atoms with E-state index in [1.807, 2.05) is 43.9 Å². The highest BCUT2D eigenvalue weighted by molar-refractivity contribution is 7.89. The van der Waals surface area contributed by atoms with Crippen molar-refractivity contribution in [3.63, 3.8) is 0 Å². The van der Waals surface area contributed by atoms with Crippen molar-refractivity contribution in [1.29, 1.82) is 0 Å². The molecule has 2 aliphatic heterocycles. The molecule has 11 heteroatoms. The number of sulfonamides is 1. The van der Waals surface area contributed by atoms with E-state index in [0.29, 0.717) is 38.3 Å². The molecule has 1 saturated heterocycles.